The van der Waals surface area contributed by atoms with Crippen molar-refractivity contribution in [1.29, 1.82) is 0 Å². The van der Waals surface area contributed by atoms with Crippen molar-refractivity contribution in [2.24, 2.45) is 0 Å². The Balaban J connectivity index is 1.85. The number of rotatable bonds is 4. The van der Waals surface area contributed by atoms with E-state index >= 15 is 0 Å². The average Bonchev–Trinajstić information content (AvgIpc) is 2.99. The molecule has 0 saturated carbocycles. The van der Waals surface area contributed by atoms with Gasteiger partial charge in [0, 0.05) is 5.39 Å². The van der Waals surface area contributed by atoms with Gasteiger partial charge in [0.05, 0.1) is 32.3 Å². The van der Waals surface area contributed by atoms with Gasteiger partial charge in [0.15, 0.2) is 17.1 Å². The largest absolute Gasteiger partial charge is 0.493 e. The standard InChI is InChI=1S/C15H13N3O4/c1-20-11-5-3-4-9-6-12(22-13(9)11)14(19)18-10-7-16-15(21-2)17-8-10/h3-8H,1-2H3,(H,18,19). The van der Waals surface area contributed by atoms with Crippen molar-refractivity contribution in [3.8, 4) is 11.8 Å². The monoisotopic (exact) mass is 299 g/mol. The summed E-state index contributed by atoms with van der Waals surface area (Å²) in [5.41, 5.74) is 0.972. The molecule has 7 heteroatoms. The Morgan fingerprint density at radius 2 is 1.95 bits per heavy atom. The Kier molecular flexibility index (Phi) is 3.61. The molecule has 22 heavy (non-hydrogen) atoms. The van der Waals surface area contributed by atoms with Gasteiger partial charge in [0.25, 0.3) is 5.91 Å². The minimum atomic E-state index is -0.396. The van der Waals surface area contributed by atoms with Crippen molar-refractivity contribution in [3.05, 3.63) is 42.4 Å². The summed E-state index contributed by atoms with van der Waals surface area (Å²) >= 11 is 0. The second-order valence-corrected chi connectivity index (χ2v) is 4.40. The summed E-state index contributed by atoms with van der Waals surface area (Å²) < 4.78 is 15.6. The Morgan fingerprint density at radius 1 is 1.18 bits per heavy atom. The minimum absolute atomic E-state index is 0.176. The molecule has 0 unspecified atom stereocenters. The van der Waals surface area contributed by atoms with Crippen molar-refractivity contribution < 1.29 is 18.7 Å². The maximum atomic E-state index is 12.2. The van der Waals surface area contributed by atoms with E-state index in [2.05, 4.69) is 15.3 Å². The molecule has 0 bridgehead atoms. The number of fused-ring (bicyclic) bond motifs is 1. The van der Waals surface area contributed by atoms with Crippen LogP contribution in [0.25, 0.3) is 11.0 Å². The van der Waals surface area contributed by atoms with Gasteiger partial charge in [-0.25, -0.2) is 9.97 Å². The van der Waals surface area contributed by atoms with Crippen molar-refractivity contribution in [2.75, 3.05) is 19.5 Å². The minimum Gasteiger partial charge on any atom is -0.493 e. The zero-order valence-corrected chi connectivity index (χ0v) is 12.0. The third-order valence-electron chi connectivity index (χ3n) is 3.02. The number of benzene rings is 1. The summed E-state index contributed by atoms with van der Waals surface area (Å²) in [5.74, 6) is 0.353. The zero-order valence-electron chi connectivity index (χ0n) is 12.0. The van der Waals surface area contributed by atoms with Gasteiger partial charge in [0.1, 0.15) is 0 Å². The number of carbonyl (C=O) groups excluding carboxylic acids is 1. The molecule has 2 heterocycles. The van der Waals surface area contributed by atoms with Crippen LogP contribution in [-0.4, -0.2) is 30.1 Å². The van der Waals surface area contributed by atoms with Gasteiger partial charge < -0.3 is 19.2 Å². The summed E-state index contributed by atoms with van der Waals surface area (Å²) in [6.07, 6.45) is 2.90. The summed E-state index contributed by atoms with van der Waals surface area (Å²) in [6, 6.07) is 7.32. The molecule has 2 aromatic heterocycles. The van der Waals surface area contributed by atoms with Gasteiger partial charge in [-0.15, -0.1) is 0 Å². The van der Waals surface area contributed by atoms with Crippen molar-refractivity contribution >= 4 is 22.6 Å². The number of furan rings is 1. The summed E-state index contributed by atoms with van der Waals surface area (Å²) in [7, 11) is 3.01. The predicted octanol–water partition coefficient (Wildman–Crippen LogP) is 2.49. The van der Waals surface area contributed by atoms with Crippen LogP contribution in [0.4, 0.5) is 5.69 Å². The number of hydrogen-bond donors (Lipinski definition) is 1. The molecule has 1 amide bonds. The van der Waals surface area contributed by atoms with E-state index < -0.39 is 5.91 Å². The van der Waals surface area contributed by atoms with Gasteiger partial charge in [-0.1, -0.05) is 12.1 Å². The molecular weight excluding hydrogens is 286 g/mol. The molecule has 0 aliphatic rings. The van der Waals surface area contributed by atoms with Crippen LogP contribution in [0.5, 0.6) is 11.8 Å². The van der Waals surface area contributed by atoms with Crippen LogP contribution in [0.3, 0.4) is 0 Å². The normalized spacial score (nSPS) is 10.5. The van der Waals surface area contributed by atoms with Crippen molar-refractivity contribution in [2.45, 2.75) is 0 Å². The van der Waals surface area contributed by atoms with E-state index in [4.69, 9.17) is 13.9 Å². The number of nitrogens with zero attached hydrogens (tertiary/aromatic N) is 2. The lowest BCUT2D eigenvalue weighted by molar-refractivity contribution is 0.0998. The molecule has 112 valence electrons. The molecule has 3 aromatic rings. The maximum Gasteiger partial charge on any atom is 0.316 e. The van der Waals surface area contributed by atoms with Gasteiger partial charge >= 0.3 is 6.01 Å². The van der Waals surface area contributed by atoms with E-state index in [0.717, 1.165) is 5.39 Å². The first-order valence-corrected chi connectivity index (χ1v) is 6.45. The molecule has 7 nitrogen and oxygen atoms in total. The van der Waals surface area contributed by atoms with E-state index in [1.807, 2.05) is 12.1 Å². The van der Waals surface area contributed by atoms with Crippen LogP contribution < -0.4 is 14.8 Å². The van der Waals surface area contributed by atoms with Crippen molar-refractivity contribution in [1.82, 2.24) is 9.97 Å². The molecule has 0 spiro atoms. The van der Waals surface area contributed by atoms with Crippen LogP contribution in [0.15, 0.2) is 41.1 Å². The number of hydrogen-bond acceptors (Lipinski definition) is 6. The van der Waals surface area contributed by atoms with E-state index in [1.165, 1.54) is 19.5 Å². The van der Waals surface area contributed by atoms with Crippen LogP contribution in [0.1, 0.15) is 10.6 Å². The lowest BCUT2D eigenvalue weighted by Gasteiger charge is -2.02. The second-order valence-electron chi connectivity index (χ2n) is 4.40. The number of methoxy groups -OCH3 is 2. The average molecular weight is 299 g/mol. The number of nitrogens with one attached hydrogen (secondary N) is 1. The highest BCUT2D eigenvalue weighted by Crippen LogP contribution is 2.28. The highest BCUT2D eigenvalue weighted by molar-refractivity contribution is 6.04. The quantitative estimate of drug-likeness (QED) is 0.796. The lowest BCUT2D eigenvalue weighted by atomic mass is 10.2. The highest BCUT2D eigenvalue weighted by Gasteiger charge is 2.15. The number of carbonyl (C=O) groups is 1. The van der Waals surface area contributed by atoms with E-state index in [9.17, 15) is 4.79 Å². The molecular formula is C15H13N3O4. The Bertz CT molecular complexity index is 811. The Hall–Kier alpha value is -3.09. The smallest absolute Gasteiger partial charge is 0.316 e. The first kappa shape index (κ1) is 13.9. The first-order chi connectivity index (χ1) is 10.7. The number of ether oxygens (including phenoxy) is 2. The van der Waals surface area contributed by atoms with E-state index in [1.54, 1.807) is 19.2 Å². The number of aromatic nitrogens is 2. The number of para-hydroxylation sites is 1. The van der Waals surface area contributed by atoms with Crippen molar-refractivity contribution in [3.63, 3.8) is 0 Å². The molecule has 1 aromatic carbocycles. The topological polar surface area (TPSA) is 86.5 Å². The van der Waals surface area contributed by atoms with Crippen LogP contribution >= 0.6 is 0 Å². The SMILES string of the molecule is COc1ncc(NC(=O)c2cc3cccc(OC)c3o2)cn1. The number of amides is 1. The second kappa shape index (κ2) is 5.72. The Morgan fingerprint density at radius 3 is 2.64 bits per heavy atom. The summed E-state index contributed by atoms with van der Waals surface area (Å²) in [4.78, 5) is 20.0. The van der Waals surface area contributed by atoms with Gasteiger partial charge in [-0.3, -0.25) is 4.79 Å². The first-order valence-electron chi connectivity index (χ1n) is 6.45. The molecule has 0 fully saturated rings. The lowest BCUT2D eigenvalue weighted by Crippen LogP contribution is -2.11. The van der Waals surface area contributed by atoms with E-state index in [-0.39, 0.29) is 11.8 Å². The number of anilines is 1. The fraction of sp³-hybridized carbons (Fsp3) is 0.133. The maximum absolute atomic E-state index is 12.2. The zero-order chi connectivity index (χ0) is 15.5. The summed E-state index contributed by atoms with van der Waals surface area (Å²) in [5, 5.41) is 3.44. The fourth-order valence-electron chi connectivity index (χ4n) is 1.99. The highest BCUT2D eigenvalue weighted by atomic mass is 16.5. The van der Waals surface area contributed by atoms with Crippen LogP contribution in [-0.2, 0) is 0 Å². The molecule has 0 saturated heterocycles. The predicted molar refractivity (Wildman–Crippen MR) is 79.3 cm³/mol. The molecule has 0 atom stereocenters. The molecule has 1 N–H and O–H groups in total. The molecule has 0 aliphatic heterocycles. The Labute approximate surface area is 125 Å². The molecule has 0 radical (unpaired) electrons. The van der Waals surface area contributed by atoms with Gasteiger partial charge in [-0.05, 0) is 12.1 Å². The van der Waals surface area contributed by atoms with Crippen LogP contribution in [0.2, 0.25) is 0 Å². The molecule has 3 rings (SSSR count). The summed E-state index contributed by atoms with van der Waals surface area (Å²) in [6.45, 7) is 0. The fourth-order valence-corrected chi connectivity index (χ4v) is 1.99. The third kappa shape index (κ3) is 2.56. The molecule has 0 aliphatic carbocycles. The van der Waals surface area contributed by atoms with E-state index in [0.29, 0.717) is 17.0 Å². The third-order valence-corrected chi connectivity index (χ3v) is 3.02. The van der Waals surface area contributed by atoms with Crippen LogP contribution in [0, 0.1) is 0 Å². The van der Waals surface area contributed by atoms with Gasteiger partial charge in [-0.2, -0.15) is 0 Å². The van der Waals surface area contributed by atoms with Gasteiger partial charge in [0.2, 0.25) is 0 Å².